The molecule has 0 bridgehead atoms. The van der Waals surface area contributed by atoms with Crippen molar-refractivity contribution in [3.63, 3.8) is 0 Å². The summed E-state index contributed by atoms with van der Waals surface area (Å²) in [6, 6.07) is 2.79. The summed E-state index contributed by atoms with van der Waals surface area (Å²) in [5.41, 5.74) is 5.66. The number of hydrogen-bond acceptors (Lipinski definition) is 3. The smallest absolute Gasteiger partial charge is 0.0621 e. The quantitative estimate of drug-likeness (QED) is 0.646. The first kappa shape index (κ1) is 10.5. The molecule has 2 N–H and O–H groups in total. The molecule has 1 saturated heterocycles. The molecule has 1 unspecified atom stereocenters. The molecule has 0 radical (unpaired) electrons. The summed E-state index contributed by atoms with van der Waals surface area (Å²) in [5.74, 6) is 0. The van der Waals surface area contributed by atoms with Gasteiger partial charge in [-0.1, -0.05) is 0 Å². The summed E-state index contributed by atoms with van der Waals surface area (Å²) < 4.78 is 0. The van der Waals surface area contributed by atoms with Gasteiger partial charge in [0.25, 0.3) is 0 Å². The average molecular weight is 181 g/mol. The van der Waals surface area contributed by atoms with Crippen molar-refractivity contribution < 1.29 is 0 Å². The first-order chi connectivity index (χ1) is 6.38. The normalized spacial score (nSPS) is 23.2. The lowest BCUT2D eigenvalue weighted by atomic mass is 10.2. The molecule has 0 spiro atoms. The zero-order chi connectivity index (χ0) is 9.52. The van der Waals surface area contributed by atoms with E-state index in [1.165, 1.54) is 19.4 Å². The number of unbranched alkanes of at least 4 members (excludes halogenated alkanes) is 2. The van der Waals surface area contributed by atoms with E-state index in [-0.39, 0.29) is 0 Å². The number of rotatable bonds is 5. The molecule has 1 aliphatic rings. The average Bonchev–Trinajstić information content (AvgIpc) is 2.60. The molecule has 0 saturated carbocycles. The van der Waals surface area contributed by atoms with Gasteiger partial charge in [0.2, 0.25) is 0 Å². The third kappa shape index (κ3) is 3.33. The minimum absolute atomic E-state index is 0.613. The van der Waals surface area contributed by atoms with Crippen molar-refractivity contribution in [1.29, 1.82) is 5.26 Å². The van der Waals surface area contributed by atoms with Crippen LogP contribution in [0.2, 0.25) is 0 Å². The zero-order valence-corrected chi connectivity index (χ0v) is 8.21. The van der Waals surface area contributed by atoms with Crippen molar-refractivity contribution in [3.8, 4) is 6.07 Å². The highest BCUT2D eigenvalue weighted by Crippen LogP contribution is 2.16. The Morgan fingerprint density at radius 3 is 3.00 bits per heavy atom. The van der Waals surface area contributed by atoms with E-state index in [1.807, 2.05) is 0 Å². The van der Waals surface area contributed by atoms with E-state index < -0.39 is 0 Å². The summed E-state index contributed by atoms with van der Waals surface area (Å²) in [7, 11) is 0. The lowest BCUT2D eigenvalue weighted by Crippen LogP contribution is -2.35. The van der Waals surface area contributed by atoms with E-state index in [4.69, 9.17) is 11.0 Å². The van der Waals surface area contributed by atoms with E-state index in [1.54, 1.807) is 0 Å². The molecule has 0 amide bonds. The SMILES string of the molecule is N#CCCCCN1CCCC1CN. The van der Waals surface area contributed by atoms with Crippen molar-refractivity contribution in [2.75, 3.05) is 19.6 Å². The summed E-state index contributed by atoms with van der Waals surface area (Å²) in [6.07, 6.45) is 5.42. The fourth-order valence-corrected chi connectivity index (χ4v) is 1.98. The second-order valence-electron chi connectivity index (χ2n) is 3.68. The van der Waals surface area contributed by atoms with Gasteiger partial charge in [-0.05, 0) is 38.8 Å². The van der Waals surface area contributed by atoms with Gasteiger partial charge in [-0.25, -0.2) is 0 Å². The van der Waals surface area contributed by atoms with Gasteiger partial charge in [-0.15, -0.1) is 0 Å². The van der Waals surface area contributed by atoms with Crippen LogP contribution in [0.1, 0.15) is 32.1 Å². The van der Waals surface area contributed by atoms with Crippen LogP contribution in [0, 0.1) is 11.3 Å². The van der Waals surface area contributed by atoms with Crippen LogP contribution in [0.15, 0.2) is 0 Å². The van der Waals surface area contributed by atoms with Crippen LogP contribution in [0.25, 0.3) is 0 Å². The first-order valence-corrected chi connectivity index (χ1v) is 5.19. The van der Waals surface area contributed by atoms with Crippen molar-refractivity contribution in [3.05, 3.63) is 0 Å². The molecular formula is C10H19N3. The monoisotopic (exact) mass is 181 g/mol. The van der Waals surface area contributed by atoms with Gasteiger partial charge in [-0.2, -0.15) is 5.26 Å². The molecule has 3 heteroatoms. The maximum absolute atomic E-state index is 8.37. The minimum atomic E-state index is 0.613. The Morgan fingerprint density at radius 2 is 2.31 bits per heavy atom. The summed E-state index contributed by atoms with van der Waals surface area (Å²) in [4.78, 5) is 2.47. The largest absolute Gasteiger partial charge is 0.329 e. The Hall–Kier alpha value is -0.590. The number of nitrogens with two attached hydrogens (primary N) is 1. The molecule has 13 heavy (non-hydrogen) atoms. The molecule has 1 heterocycles. The maximum Gasteiger partial charge on any atom is 0.0621 e. The van der Waals surface area contributed by atoms with Gasteiger partial charge >= 0.3 is 0 Å². The van der Waals surface area contributed by atoms with Crippen LogP contribution < -0.4 is 5.73 Å². The predicted molar refractivity (Wildman–Crippen MR) is 53.1 cm³/mol. The Balaban J connectivity index is 2.10. The highest BCUT2D eigenvalue weighted by Gasteiger charge is 2.21. The lowest BCUT2D eigenvalue weighted by molar-refractivity contribution is 0.254. The third-order valence-electron chi connectivity index (χ3n) is 2.76. The maximum atomic E-state index is 8.37. The highest BCUT2D eigenvalue weighted by atomic mass is 15.2. The Morgan fingerprint density at radius 1 is 1.46 bits per heavy atom. The van der Waals surface area contributed by atoms with E-state index in [2.05, 4.69) is 11.0 Å². The van der Waals surface area contributed by atoms with Gasteiger partial charge in [0.1, 0.15) is 0 Å². The summed E-state index contributed by atoms with van der Waals surface area (Å²) >= 11 is 0. The van der Waals surface area contributed by atoms with E-state index in [0.29, 0.717) is 12.5 Å². The molecule has 1 atom stereocenters. The number of nitrogens with zero attached hydrogens (tertiary/aromatic N) is 2. The Bertz CT molecular complexity index is 173. The Kier molecular flexibility index (Phi) is 4.81. The molecule has 1 fully saturated rings. The number of likely N-dealkylation sites (tertiary alicyclic amines) is 1. The second-order valence-corrected chi connectivity index (χ2v) is 3.68. The van der Waals surface area contributed by atoms with Gasteiger partial charge in [0, 0.05) is 19.0 Å². The van der Waals surface area contributed by atoms with Gasteiger partial charge in [0.15, 0.2) is 0 Å². The second kappa shape index (κ2) is 5.95. The van der Waals surface area contributed by atoms with Crippen LogP contribution in [-0.2, 0) is 0 Å². The molecular weight excluding hydrogens is 162 g/mol. The van der Waals surface area contributed by atoms with E-state index in [9.17, 15) is 0 Å². The zero-order valence-electron chi connectivity index (χ0n) is 8.21. The summed E-state index contributed by atoms with van der Waals surface area (Å²) in [5, 5.41) is 8.37. The van der Waals surface area contributed by atoms with E-state index in [0.717, 1.165) is 25.9 Å². The lowest BCUT2D eigenvalue weighted by Gasteiger charge is -2.22. The molecule has 3 nitrogen and oxygen atoms in total. The topological polar surface area (TPSA) is 53.0 Å². The number of hydrogen-bond donors (Lipinski definition) is 1. The van der Waals surface area contributed by atoms with Crippen LogP contribution in [0.5, 0.6) is 0 Å². The van der Waals surface area contributed by atoms with Crippen LogP contribution >= 0.6 is 0 Å². The minimum Gasteiger partial charge on any atom is -0.329 e. The molecule has 0 aromatic carbocycles. The van der Waals surface area contributed by atoms with Crippen LogP contribution in [0.4, 0.5) is 0 Å². The Labute approximate surface area is 80.5 Å². The molecule has 0 aromatic rings. The fourth-order valence-electron chi connectivity index (χ4n) is 1.98. The molecule has 1 rings (SSSR count). The van der Waals surface area contributed by atoms with Crippen molar-refractivity contribution in [1.82, 2.24) is 4.90 Å². The molecule has 1 aliphatic heterocycles. The first-order valence-electron chi connectivity index (χ1n) is 5.19. The standard InChI is InChI=1S/C10H19N3/c11-6-2-1-3-7-13-8-4-5-10(13)9-12/h10H,1-5,7-9,12H2. The summed E-state index contributed by atoms with van der Waals surface area (Å²) in [6.45, 7) is 3.12. The van der Waals surface area contributed by atoms with Crippen LogP contribution in [0.3, 0.4) is 0 Å². The van der Waals surface area contributed by atoms with Crippen molar-refractivity contribution in [2.45, 2.75) is 38.1 Å². The third-order valence-corrected chi connectivity index (χ3v) is 2.76. The number of nitriles is 1. The molecule has 0 aliphatic carbocycles. The molecule has 0 aromatic heterocycles. The van der Waals surface area contributed by atoms with Gasteiger partial charge < -0.3 is 5.73 Å². The van der Waals surface area contributed by atoms with E-state index >= 15 is 0 Å². The van der Waals surface area contributed by atoms with Crippen molar-refractivity contribution in [2.24, 2.45) is 5.73 Å². The predicted octanol–water partition coefficient (Wildman–Crippen LogP) is 1.10. The van der Waals surface area contributed by atoms with Gasteiger partial charge in [0.05, 0.1) is 6.07 Å². The highest BCUT2D eigenvalue weighted by molar-refractivity contribution is 4.79. The van der Waals surface area contributed by atoms with Crippen LogP contribution in [-0.4, -0.2) is 30.6 Å². The molecule has 74 valence electrons. The van der Waals surface area contributed by atoms with Crippen molar-refractivity contribution >= 4 is 0 Å². The fraction of sp³-hybridized carbons (Fsp3) is 0.900. The van der Waals surface area contributed by atoms with Gasteiger partial charge in [-0.3, -0.25) is 4.90 Å².